The Balaban J connectivity index is 1.74. The van der Waals surface area contributed by atoms with Crippen molar-refractivity contribution < 1.29 is 18.3 Å². The van der Waals surface area contributed by atoms with Gasteiger partial charge in [0.25, 0.3) is 0 Å². The van der Waals surface area contributed by atoms with E-state index < -0.39 is 17.0 Å². The first-order valence-electron chi connectivity index (χ1n) is 10.2. The molecular formula is C22H30F2O2. The molecule has 2 aliphatic carbocycles. The third-order valence-corrected chi connectivity index (χ3v) is 6.58. The van der Waals surface area contributed by atoms with E-state index in [-0.39, 0.29) is 11.7 Å². The summed E-state index contributed by atoms with van der Waals surface area (Å²) >= 11 is 0. The lowest BCUT2D eigenvalue weighted by Crippen LogP contribution is -2.44. The van der Waals surface area contributed by atoms with Gasteiger partial charge in [-0.2, -0.15) is 0 Å². The molecule has 1 aromatic carbocycles. The van der Waals surface area contributed by atoms with Gasteiger partial charge in [0.15, 0.2) is 11.6 Å². The second kappa shape index (κ2) is 8.49. The van der Waals surface area contributed by atoms with Crippen LogP contribution < -0.4 is 4.74 Å². The smallest absolute Gasteiger partial charge is 0.317 e. The van der Waals surface area contributed by atoms with Crippen LogP contribution in [0.3, 0.4) is 0 Å². The molecule has 0 unspecified atom stereocenters. The van der Waals surface area contributed by atoms with Crippen LogP contribution in [-0.4, -0.2) is 5.97 Å². The number of rotatable bonds is 5. The van der Waals surface area contributed by atoms with Crippen molar-refractivity contribution in [1.82, 2.24) is 0 Å². The number of carbonyl (C=O) groups excluding carboxylic acids is 1. The van der Waals surface area contributed by atoms with E-state index in [0.717, 1.165) is 63.0 Å². The minimum absolute atomic E-state index is 0.110. The van der Waals surface area contributed by atoms with E-state index in [9.17, 15) is 13.6 Å². The first-order valence-corrected chi connectivity index (χ1v) is 10.2. The van der Waals surface area contributed by atoms with Gasteiger partial charge in [0, 0.05) is 6.07 Å². The predicted molar refractivity (Wildman–Crippen MR) is 97.9 cm³/mol. The molecule has 0 bridgehead atoms. The van der Waals surface area contributed by atoms with Gasteiger partial charge >= 0.3 is 5.97 Å². The lowest BCUT2D eigenvalue weighted by molar-refractivity contribution is -0.153. The van der Waals surface area contributed by atoms with Crippen molar-refractivity contribution in [3.05, 3.63) is 29.8 Å². The van der Waals surface area contributed by atoms with Crippen molar-refractivity contribution in [2.75, 3.05) is 0 Å². The minimum Gasteiger partial charge on any atom is -0.426 e. The van der Waals surface area contributed by atoms with Crippen LogP contribution in [0.15, 0.2) is 18.2 Å². The SMILES string of the molecule is CCCC1CCC(C2(C(=O)Oc3ccc(F)c(F)c3)CCCCC2)CC1. The maximum atomic E-state index is 13.5. The first-order chi connectivity index (χ1) is 12.5. The van der Waals surface area contributed by atoms with Gasteiger partial charge in [-0.1, -0.05) is 51.9 Å². The Bertz CT molecular complexity index is 615. The van der Waals surface area contributed by atoms with Gasteiger partial charge in [-0.15, -0.1) is 0 Å². The van der Waals surface area contributed by atoms with Crippen LogP contribution in [0, 0.1) is 28.9 Å². The summed E-state index contributed by atoms with van der Waals surface area (Å²) in [6.45, 7) is 2.23. The topological polar surface area (TPSA) is 26.3 Å². The number of hydrogen-bond donors (Lipinski definition) is 0. The first kappa shape index (κ1) is 19.3. The molecule has 1 aromatic rings. The largest absolute Gasteiger partial charge is 0.426 e. The highest BCUT2D eigenvalue weighted by Gasteiger charge is 2.48. The molecule has 0 radical (unpaired) electrons. The monoisotopic (exact) mass is 364 g/mol. The molecule has 2 fully saturated rings. The van der Waals surface area contributed by atoms with Crippen molar-refractivity contribution >= 4 is 5.97 Å². The minimum atomic E-state index is -0.979. The fraction of sp³-hybridized carbons (Fsp3) is 0.682. The van der Waals surface area contributed by atoms with E-state index in [4.69, 9.17) is 4.74 Å². The Morgan fingerprint density at radius 2 is 1.77 bits per heavy atom. The van der Waals surface area contributed by atoms with Gasteiger partial charge in [0.1, 0.15) is 5.75 Å². The number of hydrogen-bond acceptors (Lipinski definition) is 2. The average Bonchev–Trinajstić information content (AvgIpc) is 2.66. The summed E-state index contributed by atoms with van der Waals surface area (Å²) in [7, 11) is 0. The lowest BCUT2D eigenvalue weighted by atomic mass is 9.60. The zero-order valence-electron chi connectivity index (χ0n) is 15.7. The van der Waals surface area contributed by atoms with Gasteiger partial charge in [0.2, 0.25) is 0 Å². The number of ether oxygens (including phenoxy) is 1. The van der Waals surface area contributed by atoms with Gasteiger partial charge in [-0.05, 0) is 49.7 Å². The van der Waals surface area contributed by atoms with E-state index in [1.54, 1.807) is 0 Å². The molecular weight excluding hydrogens is 334 g/mol. The molecule has 2 aliphatic rings. The molecule has 4 heteroatoms. The summed E-state index contributed by atoms with van der Waals surface area (Å²) < 4.78 is 32.2. The summed E-state index contributed by atoms with van der Waals surface area (Å²) in [6, 6.07) is 3.33. The summed E-state index contributed by atoms with van der Waals surface area (Å²) in [5.41, 5.74) is -0.444. The summed E-state index contributed by atoms with van der Waals surface area (Å²) in [5, 5.41) is 0. The van der Waals surface area contributed by atoms with Crippen molar-refractivity contribution in [3.8, 4) is 5.75 Å². The molecule has 2 nitrogen and oxygen atoms in total. The van der Waals surface area contributed by atoms with Crippen molar-refractivity contribution in [1.29, 1.82) is 0 Å². The molecule has 3 rings (SSSR count). The summed E-state index contributed by atoms with van der Waals surface area (Å²) in [4.78, 5) is 13.2. The fourth-order valence-corrected chi connectivity index (χ4v) is 5.12. The number of benzene rings is 1. The third-order valence-electron chi connectivity index (χ3n) is 6.58. The summed E-state index contributed by atoms with van der Waals surface area (Å²) in [5.74, 6) is -0.882. The number of carbonyl (C=O) groups is 1. The second-order valence-corrected chi connectivity index (χ2v) is 8.19. The van der Waals surface area contributed by atoms with Crippen molar-refractivity contribution in [2.24, 2.45) is 17.3 Å². The fourth-order valence-electron chi connectivity index (χ4n) is 5.12. The average molecular weight is 364 g/mol. The van der Waals surface area contributed by atoms with Crippen LogP contribution in [0.1, 0.15) is 77.6 Å². The molecule has 0 spiro atoms. The van der Waals surface area contributed by atoms with Crippen LogP contribution in [0.2, 0.25) is 0 Å². The van der Waals surface area contributed by atoms with Crippen LogP contribution in [0.25, 0.3) is 0 Å². The summed E-state index contributed by atoms with van der Waals surface area (Å²) in [6.07, 6.45) is 12.0. The molecule has 0 saturated heterocycles. The lowest BCUT2D eigenvalue weighted by Gasteiger charge is -2.44. The number of esters is 1. The zero-order chi connectivity index (χ0) is 18.6. The van der Waals surface area contributed by atoms with Crippen molar-refractivity contribution in [3.63, 3.8) is 0 Å². The normalized spacial score (nSPS) is 25.7. The maximum absolute atomic E-state index is 13.5. The van der Waals surface area contributed by atoms with E-state index in [0.29, 0.717) is 5.92 Å². The molecule has 26 heavy (non-hydrogen) atoms. The third kappa shape index (κ3) is 4.10. The maximum Gasteiger partial charge on any atom is 0.317 e. The second-order valence-electron chi connectivity index (χ2n) is 8.19. The van der Waals surface area contributed by atoms with Crippen LogP contribution in [-0.2, 0) is 4.79 Å². The Hall–Kier alpha value is -1.45. The van der Waals surface area contributed by atoms with Crippen LogP contribution in [0.5, 0.6) is 5.75 Å². The molecule has 0 atom stereocenters. The highest BCUT2D eigenvalue weighted by Crippen LogP contribution is 2.50. The van der Waals surface area contributed by atoms with E-state index in [1.165, 1.54) is 31.7 Å². The Labute approximate surface area is 155 Å². The molecule has 144 valence electrons. The Kier molecular flexibility index (Phi) is 6.31. The molecule has 0 aromatic heterocycles. The molecule has 0 N–H and O–H groups in total. The Morgan fingerprint density at radius 1 is 1.08 bits per heavy atom. The van der Waals surface area contributed by atoms with Crippen LogP contribution >= 0.6 is 0 Å². The quantitative estimate of drug-likeness (QED) is 0.445. The zero-order valence-corrected chi connectivity index (χ0v) is 15.7. The Morgan fingerprint density at radius 3 is 2.38 bits per heavy atom. The molecule has 2 saturated carbocycles. The standard InChI is InChI=1S/C22H30F2O2/c1-2-6-16-7-9-17(10-8-16)22(13-4-3-5-14-22)21(25)26-18-11-12-19(23)20(24)15-18/h11-12,15-17H,2-10,13-14H2,1H3. The van der Waals surface area contributed by atoms with Gasteiger partial charge in [0.05, 0.1) is 5.41 Å². The van der Waals surface area contributed by atoms with E-state index in [1.807, 2.05) is 0 Å². The molecule has 0 aliphatic heterocycles. The number of halogens is 2. The predicted octanol–water partition coefficient (Wildman–Crippen LogP) is 6.43. The van der Waals surface area contributed by atoms with Gasteiger partial charge in [-0.25, -0.2) is 8.78 Å². The molecule has 0 heterocycles. The van der Waals surface area contributed by atoms with Crippen molar-refractivity contribution in [2.45, 2.75) is 77.6 Å². The van der Waals surface area contributed by atoms with Gasteiger partial charge in [-0.3, -0.25) is 4.79 Å². The van der Waals surface area contributed by atoms with E-state index in [2.05, 4.69) is 6.92 Å². The van der Waals surface area contributed by atoms with Crippen LogP contribution in [0.4, 0.5) is 8.78 Å². The molecule has 0 amide bonds. The highest BCUT2D eigenvalue weighted by atomic mass is 19.2. The van der Waals surface area contributed by atoms with Gasteiger partial charge < -0.3 is 4.74 Å². The van der Waals surface area contributed by atoms with E-state index >= 15 is 0 Å². The highest BCUT2D eigenvalue weighted by molar-refractivity contribution is 5.79.